The second kappa shape index (κ2) is 8.92. The number of carbonyl (C=O) groups excluding carboxylic acids is 1. The van der Waals surface area contributed by atoms with E-state index in [1.165, 1.54) is 0 Å². The number of anilines is 2. The molecule has 34 heavy (non-hydrogen) atoms. The van der Waals surface area contributed by atoms with Crippen molar-refractivity contribution >= 4 is 34.6 Å². The van der Waals surface area contributed by atoms with Crippen molar-refractivity contribution in [2.75, 3.05) is 9.80 Å². The summed E-state index contributed by atoms with van der Waals surface area (Å²) in [5, 5.41) is 9.65. The Morgan fingerprint density at radius 2 is 1.50 bits per heavy atom. The fourth-order valence-electron chi connectivity index (χ4n) is 4.17. The van der Waals surface area contributed by atoms with Gasteiger partial charge in [0, 0.05) is 5.69 Å². The Morgan fingerprint density at radius 3 is 2.03 bits per heavy atom. The molecule has 6 heteroatoms. The lowest BCUT2D eigenvalue weighted by atomic mass is 10.0. The highest BCUT2D eigenvalue weighted by atomic mass is 32.1. The minimum absolute atomic E-state index is 0.105. The summed E-state index contributed by atoms with van der Waals surface area (Å²) in [5.41, 5.74) is 4.20. The fourth-order valence-corrected chi connectivity index (χ4v) is 4.69. The van der Waals surface area contributed by atoms with Crippen LogP contribution in [0.15, 0.2) is 66.7 Å². The Morgan fingerprint density at radius 1 is 0.941 bits per heavy atom. The highest BCUT2D eigenvalue weighted by Crippen LogP contribution is 2.37. The largest absolute Gasteiger partial charge is 0.491 e. The van der Waals surface area contributed by atoms with E-state index >= 15 is 0 Å². The number of hydrogen-bond acceptors (Lipinski definition) is 4. The number of carbonyl (C=O) groups is 1. The molecule has 0 radical (unpaired) electrons. The van der Waals surface area contributed by atoms with Crippen LogP contribution in [0.3, 0.4) is 0 Å². The zero-order valence-electron chi connectivity index (χ0n) is 20.0. The van der Waals surface area contributed by atoms with E-state index in [-0.39, 0.29) is 12.0 Å². The average molecular weight is 470 g/mol. The van der Waals surface area contributed by atoms with Crippen molar-refractivity contribution in [3.63, 3.8) is 0 Å². The second-order valence-electron chi connectivity index (χ2n) is 9.17. The smallest absolute Gasteiger partial charge is 0.259 e. The van der Waals surface area contributed by atoms with E-state index in [1.54, 1.807) is 17.0 Å². The maximum Gasteiger partial charge on any atom is 0.259 e. The first-order valence-electron chi connectivity index (χ1n) is 11.2. The number of nitrogens with zero attached hydrogens (tertiary/aromatic N) is 3. The minimum atomic E-state index is -0.851. The zero-order valence-corrected chi connectivity index (χ0v) is 20.8. The second-order valence-corrected chi connectivity index (χ2v) is 9.53. The zero-order chi connectivity index (χ0) is 24.6. The molecule has 0 saturated carbocycles. The minimum Gasteiger partial charge on any atom is -0.491 e. The van der Waals surface area contributed by atoms with E-state index in [9.17, 15) is 10.1 Å². The highest BCUT2D eigenvalue weighted by molar-refractivity contribution is 7.81. The number of benzene rings is 3. The van der Waals surface area contributed by atoms with Crippen LogP contribution in [0.25, 0.3) is 11.1 Å². The summed E-state index contributed by atoms with van der Waals surface area (Å²) in [7, 11) is 0. The summed E-state index contributed by atoms with van der Waals surface area (Å²) >= 11 is 5.78. The number of aryl methyl sites for hydroxylation is 1. The van der Waals surface area contributed by atoms with Gasteiger partial charge in [-0.25, -0.2) is 0 Å². The first-order valence-corrected chi connectivity index (χ1v) is 11.6. The Bertz CT molecular complexity index is 1290. The van der Waals surface area contributed by atoms with Gasteiger partial charge < -0.3 is 9.64 Å². The van der Waals surface area contributed by atoms with Crippen molar-refractivity contribution in [1.29, 1.82) is 5.26 Å². The maximum atomic E-state index is 13.4. The Hall–Kier alpha value is -3.69. The van der Waals surface area contributed by atoms with Gasteiger partial charge in [-0.15, -0.1) is 0 Å². The molecule has 1 amide bonds. The van der Waals surface area contributed by atoms with Gasteiger partial charge in [-0.2, -0.15) is 5.26 Å². The summed E-state index contributed by atoms with van der Waals surface area (Å²) in [6.45, 7) is 9.62. The van der Waals surface area contributed by atoms with Crippen LogP contribution in [-0.4, -0.2) is 22.7 Å². The molecule has 4 rings (SSSR count). The summed E-state index contributed by atoms with van der Waals surface area (Å²) < 4.78 is 5.73. The quantitative estimate of drug-likeness (QED) is 0.414. The molecular formula is C28H27N3O2S. The predicted octanol–water partition coefficient (Wildman–Crippen LogP) is 6.24. The maximum absolute atomic E-state index is 13.4. The molecule has 0 atom stereocenters. The molecule has 1 aliphatic heterocycles. The third-order valence-electron chi connectivity index (χ3n) is 5.94. The molecular weight excluding hydrogens is 442 g/mol. The lowest BCUT2D eigenvalue weighted by Crippen LogP contribution is -2.44. The first-order chi connectivity index (χ1) is 16.1. The molecule has 0 bridgehead atoms. The van der Waals surface area contributed by atoms with Crippen molar-refractivity contribution < 1.29 is 9.53 Å². The van der Waals surface area contributed by atoms with Gasteiger partial charge in [0.15, 0.2) is 5.11 Å². The molecule has 0 aromatic heterocycles. The third-order valence-corrected chi connectivity index (χ3v) is 6.31. The fraction of sp³-hybridized carbons (Fsp3) is 0.250. The van der Waals surface area contributed by atoms with Gasteiger partial charge in [0.2, 0.25) is 0 Å². The molecule has 5 nitrogen and oxygen atoms in total. The van der Waals surface area contributed by atoms with Gasteiger partial charge in [0.05, 0.1) is 23.4 Å². The van der Waals surface area contributed by atoms with E-state index in [0.29, 0.717) is 16.4 Å². The number of nitriles is 1. The summed E-state index contributed by atoms with van der Waals surface area (Å²) in [5.74, 6) is 0.739. The van der Waals surface area contributed by atoms with Crippen molar-refractivity contribution in [3.05, 3.63) is 77.9 Å². The van der Waals surface area contributed by atoms with Crippen molar-refractivity contribution in [2.45, 2.75) is 46.3 Å². The van der Waals surface area contributed by atoms with Crippen LogP contribution in [0.5, 0.6) is 5.75 Å². The number of rotatable bonds is 5. The lowest BCUT2D eigenvalue weighted by molar-refractivity contribution is -0.120. The van der Waals surface area contributed by atoms with Gasteiger partial charge in [0.1, 0.15) is 11.3 Å². The number of thiocarbonyl (C=S) groups is 1. The number of hydrogen-bond donors (Lipinski definition) is 0. The Kier molecular flexibility index (Phi) is 6.16. The lowest BCUT2D eigenvalue weighted by Gasteiger charge is -2.29. The Labute approximate surface area is 206 Å². The molecule has 3 aromatic carbocycles. The molecule has 0 N–H and O–H groups in total. The number of amides is 1. The van der Waals surface area contributed by atoms with Crippen LogP contribution in [-0.2, 0) is 4.79 Å². The van der Waals surface area contributed by atoms with Gasteiger partial charge in [-0.1, -0.05) is 24.3 Å². The van der Waals surface area contributed by atoms with Crippen LogP contribution in [0, 0.1) is 18.3 Å². The van der Waals surface area contributed by atoms with Gasteiger partial charge >= 0.3 is 0 Å². The number of ether oxygens (including phenoxy) is 1. The van der Waals surface area contributed by atoms with E-state index in [2.05, 4.69) is 6.07 Å². The molecule has 3 aromatic rings. The van der Waals surface area contributed by atoms with Crippen molar-refractivity contribution in [1.82, 2.24) is 0 Å². The molecule has 172 valence electrons. The summed E-state index contributed by atoms with van der Waals surface area (Å²) in [4.78, 5) is 16.9. The molecule has 0 spiro atoms. The normalized spacial score (nSPS) is 15.1. The van der Waals surface area contributed by atoms with E-state index in [4.69, 9.17) is 17.0 Å². The molecule has 1 saturated heterocycles. The van der Waals surface area contributed by atoms with Crippen molar-refractivity contribution in [3.8, 4) is 22.9 Å². The van der Waals surface area contributed by atoms with Gasteiger partial charge in [-0.05, 0) is 106 Å². The standard InChI is InChI=1S/C28H27N3O2S/c1-18(2)33-25-14-9-21(10-15-25)20-6-11-23(12-7-20)31-27(34)30(26(32)28(31,4)5)24-13-8-22(17-29)19(3)16-24/h6-16,18H,1-5H3. The molecule has 1 heterocycles. The highest BCUT2D eigenvalue weighted by Gasteiger charge is 2.50. The topological polar surface area (TPSA) is 56.6 Å². The average Bonchev–Trinajstić information content (AvgIpc) is 2.97. The predicted molar refractivity (Wildman–Crippen MR) is 140 cm³/mol. The first kappa shape index (κ1) is 23.5. The summed E-state index contributed by atoms with van der Waals surface area (Å²) in [6, 6.07) is 23.5. The van der Waals surface area contributed by atoms with Crippen LogP contribution >= 0.6 is 12.2 Å². The van der Waals surface area contributed by atoms with E-state index in [1.807, 2.05) is 94.1 Å². The molecule has 1 fully saturated rings. The SMILES string of the molecule is Cc1cc(N2C(=O)C(C)(C)N(c3ccc(-c4ccc(OC(C)C)cc4)cc3)C2=S)ccc1C#N. The van der Waals surface area contributed by atoms with Gasteiger partial charge in [0.25, 0.3) is 5.91 Å². The Balaban J connectivity index is 1.62. The summed E-state index contributed by atoms with van der Waals surface area (Å²) in [6.07, 6.45) is 0.133. The van der Waals surface area contributed by atoms with Gasteiger partial charge in [-0.3, -0.25) is 9.69 Å². The molecule has 0 unspecified atom stereocenters. The van der Waals surface area contributed by atoms with E-state index in [0.717, 1.165) is 28.1 Å². The van der Waals surface area contributed by atoms with Crippen LogP contribution in [0.2, 0.25) is 0 Å². The third kappa shape index (κ3) is 4.15. The van der Waals surface area contributed by atoms with Crippen molar-refractivity contribution in [2.24, 2.45) is 0 Å². The van der Waals surface area contributed by atoms with Crippen LogP contribution in [0.1, 0.15) is 38.8 Å². The van der Waals surface area contributed by atoms with E-state index < -0.39 is 5.54 Å². The molecule has 1 aliphatic rings. The molecule has 0 aliphatic carbocycles. The van der Waals surface area contributed by atoms with Crippen LogP contribution in [0.4, 0.5) is 11.4 Å². The van der Waals surface area contributed by atoms with Crippen LogP contribution < -0.4 is 14.5 Å². The monoisotopic (exact) mass is 469 g/mol.